The summed E-state index contributed by atoms with van der Waals surface area (Å²) in [6, 6.07) is 9.98. The van der Waals surface area contributed by atoms with E-state index in [4.69, 9.17) is 21.3 Å². The number of amidine groups is 1. The Balaban J connectivity index is 1.92. The SMILES string of the molecule is CCOC(=O)C1=C(Cl)NC(c2ccccn2)=NC12CCc1cc(F)ccc12. The van der Waals surface area contributed by atoms with E-state index >= 15 is 0 Å². The highest BCUT2D eigenvalue weighted by Gasteiger charge is 2.49. The maximum atomic E-state index is 13.7. The normalized spacial score (nSPS) is 20.9. The van der Waals surface area contributed by atoms with Crippen LogP contribution in [0.15, 0.2) is 58.3 Å². The highest BCUT2D eigenvalue weighted by molar-refractivity contribution is 6.33. The van der Waals surface area contributed by atoms with Crippen LogP contribution in [0.3, 0.4) is 0 Å². The van der Waals surface area contributed by atoms with Crippen molar-refractivity contribution in [2.75, 3.05) is 6.61 Å². The quantitative estimate of drug-likeness (QED) is 0.649. The number of fused-ring (bicyclic) bond motifs is 2. The zero-order valence-corrected chi connectivity index (χ0v) is 15.4. The van der Waals surface area contributed by atoms with Gasteiger partial charge in [-0.05, 0) is 55.2 Å². The minimum atomic E-state index is -1.02. The van der Waals surface area contributed by atoms with Gasteiger partial charge in [-0.3, -0.25) is 4.98 Å². The number of hydrogen-bond acceptors (Lipinski definition) is 5. The molecule has 5 nitrogen and oxygen atoms in total. The molecule has 1 aromatic heterocycles. The second-order valence-electron chi connectivity index (χ2n) is 6.37. The number of ether oxygens (including phenoxy) is 1. The lowest BCUT2D eigenvalue weighted by Crippen LogP contribution is -2.41. The molecule has 0 bridgehead atoms. The molecule has 4 rings (SSSR count). The maximum absolute atomic E-state index is 13.7. The second-order valence-corrected chi connectivity index (χ2v) is 6.75. The van der Waals surface area contributed by atoms with Crippen molar-refractivity contribution in [3.05, 3.63) is 76.0 Å². The Morgan fingerprint density at radius 3 is 2.96 bits per heavy atom. The third-order valence-electron chi connectivity index (χ3n) is 4.82. The van der Waals surface area contributed by atoms with Crippen molar-refractivity contribution in [1.82, 2.24) is 10.3 Å². The molecule has 1 N–H and O–H groups in total. The van der Waals surface area contributed by atoms with E-state index < -0.39 is 11.5 Å². The number of aliphatic imine (C=N–C) groups is 1. The number of rotatable bonds is 3. The molecule has 2 aliphatic rings. The number of carbonyl (C=O) groups is 1. The Bertz CT molecular complexity index is 974. The standard InChI is InChI=1S/C20H17ClFN3O2/c1-2-27-19(26)16-17(21)24-18(15-5-3-4-10-23-15)25-20(16)9-8-12-11-13(22)6-7-14(12)20/h3-7,10-11H,2,8-9H2,1H3,(H,24,25). The molecule has 1 unspecified atom stereocenters. The largest absolute Gasteiger partial charge is 0.462 e. The number of benzene rings is 1. The highest BCUT2D eigenvalue weighted by atomic mass is 35.5. The van der Waals surface area contributed by atoms with Gasteiger partial charge >= 0.3 is 5.97 Å². The molecule has 0 saturated heterocycles. The number of esters is 1. The van der Waals surface area contributed by atoms with Crippen molar-refractivity contribution < 1.29 is 13.9 Å². The lowest BCUT2D eigenvalue weighted by molar-refractivity contribution is -0.139. The first-order chi connectivity index (χ1) is 13.0. The van der Waals surface area contributed by atoms with Gasteiger partial charge in [-0.15, -0.1) is 0 Å². The number of nitrogens with one attached hydrogen (secondary N) is 1. The Kier molecular flexibility index (Phi) is 4.44. The molecule has 2 aromatic rings. The molecule has 0 saturated carbocycles. The van der Waals surface area contributed by atoms with Gasteiger partial charge < -0.3 is 10.1 Å². The van der Waals surface area contributed by atoms with Crippen molar-refractivity contribution in [2.24, 2.45) is 4.99 Å². The fourth-order valence-corrected chi connectivity index (χ4v) is 4.03. The van der Waals surface area contributed by atoms with Gasteiger partial charge in [-0.1, -0.05) is 23.7 Å². The van der Waals surface area contributed by atoms with Crippen LogP contribution in [0.25, 0.3) is 0 Å². The minimum absolute atomic E-state index is 0.154. The summed E-state index contributed by atoms with van der Waals surface area (Å²) in [5.41, 5.74) is 1.40. The zero-order valence-electron chi connectivity index (χ0n) is 14.6. The van der Waals surface area contributed by atoms with E-state index in [0.29, 0.717) is 24.4 Å². The summed E-state index contributed by atoms with van der Waals surface area (Å²) in [7, 11) is 0. The predicted molar refractivity (Wildman–Crippen MR) is 99.8 cm³/mol. The molecule has 0 amide bonds. The number of hydrogen-bond donors (Lipinski definition) is 1. The van der Waals surface area contributed by atoms with Crippen LogP contribution >= 0.6 is 11.6 Å². The first-order valence-electron chi connectivity index (χ1n) is 8.69. The molecule has 7 heteroatoms. The number of nitrogens with zero attached hydrogens (tertiary/aromatic N) is 2. The smallest absolute Gasteiger partial charge is 0.339 e. The third-order valence-corrected chi connectivity index (χ3v) is 5.10. The summed E-state index contributed by atoms with van der Waals surface area (Å²) >= 11 is 6.51. The molecule has 1 aromatic carbocycles. The van der Waals surface area contributed by atoms with Crippen molar-refractivity contribution >= 4 is 23.4 Å². The van der Waals surface area contributed by atoms with Crippen molar-refractivity contribution in [1.29, 1.82) is 0 Å². The highest BCUT2D eigenvalue weighted by Crippen LogP contribution is 2.49. The number of pyridine rings is 1. The van der Waals surface area contributed by atoms with Crippen molar-refractivity contribution in [3.8, 4) is 0 Å². The topological polar surface area (TPSA) is 63.6 Å². The fraction of sp³-hybridized carbons (Fsp3) is 0.250. The minimum Gasteiger partial charge on any atom is -0.462 e. The number of halogens is 2. The third kappa shape index (κ3) is 2.90. The van der Waals surface area contributed by atoms with Crippen LogP contribution in [0.5, 0.6) is 0 Å². The molecule has 1 aliphatic heterocycles. The summed E-state index contributed by atoms with van der Waals surface area (Å²) in [5.74, 6) is -0.386. The molecule has 138 valence electrons. The molecular formula is C20H17ClFN3O2. The zero-order chi connectivity index (χ0) is 19.0. The van der Waals surface area contributed by atoms with Gasteiger partial charge in [0.2, 0.25) is 0 Å². The Hall–Kier alpha value is -2.73. The Morgan fingerprint density at radius 1 is 1.37 bits per heavy atom. The predicted octanol–water partition coefficient (Wildman–Crippen LogP) is 3.43. The van der Waals surface area contributed by atoms with Gasteiger partial charge in [0.1, 0.15) is 27.8 Å². The van der Waals surface area contributed by atoms with Crippen LogP contribution in [0.1, 0.15) is 30.2 Å². The van der Waals surface area contributed by atoms with Crippen LogP contribution in [0, 0.1) is 5.82 Å². The van der Waals surface area contributed by atoms with E-state index in [2.05, 4.69) is 10.3 Å². The molecule has 1 atom stereocenters. The molecule has 27 heavy (non-hydrogen) atoms. The van der Waals surface area contributed by atoms with Gasteiger partial charge in [0.05, 0.1) is 6.61 Å². The van der Waals surface area contributed by atoms with Gasteiger partial charge in [0, 0.05) is 6.20 Å². The van der Waals surface area contributed by atoms with Crippen LogP contribution < -0.4 is 5.32 Å². The van der Waals surface area contributed by atoms with Crippen LogP contribution in [-0.2, 0) is 21.5 Å². The van der Waals surface area contributed by atoms with E-state index in [1.807, 2.05) is 6.07 Å². The average Bonchev–Trinajstić information content (AvgIpc) is 2.99. The number of carbonyl (C=O) groups excluding carboxylic acids is 1. The summed E-state index contributed by atoms with van der Waals surface area (Å²) in [5, 5.41) is 3.13. The first kappa shape index (κ1) is 17.7. The monoisotopic (exact) mass is 385 g/mol. The van der Waals surface area contributed by atoms with Crippen LogP contribution in [0.4, 0.5) is 4.39 Å². The van der Waals surface area contributed by atoms with Crippen molar-refractivity contribution in [2.45, 2.75) is 25.3 Å². The molecule has 1 spiro atoms. The lowest BCUT2D eigenvalue weighted by Gasteiger charge is -2.33. The maximum Gasteiger partial charge on any atom is 0.339 e. The molecular weight excluding hydrogens is 369 g/mol. The summed E-state index contributed by atoms with van der Waals surface area (Å²) in [6.45, 7) is 1.95. The average molecular weight is 386 g/mol. The van der Waals surface area contributed by atoms with E-state index in [-0.39, 0.29) is 23.2 Å². The van der Waals surface area contributed by atoms with Crippen LogP contribution in [-0.4, -0.2) is 23.4 Å². The van der Waals surface area contributed by atoms with E-state index in [1.54, 1.807) is 31.3 Å². The van der Waals surface area contributed by atoms with E-state index in [9.17, 15) is 9.18 Å². The number of aromatic nitrogens is 1. The summed E-state index contributed by atoms with van der Waals surface area (Å²) < 4.78 is 19.0. The number of aryl methyl sites for hydroxylation is 1. The second kappa shape index (κ2) is 6.78. The first-order valence-corrected chi connectivity index (χ1v) is 9.07. The van der Waals surface area contributed by atoms with Gasteiger partial charge in [0.25, 0.3) is 0 Å². The summed E-state index contributed by atoms with van der Waals surface area (Å²) in [6.07, 6.45) is 2.73. The van der Waals surface area contributed by atoms with E-state index in [1.165, 1.54) is 12.1 Å². The van der Waals surface area contributed by atoms with Crippen molar-refractivity contribution in [3.63, 3.8) is 0 Å². The van der Waals surface area contributed by atoms with Gasteiger partial charge in [-0.2, -0.15) is 0 Å². The van der Waals surface area contributed by atoms with E-state index in [0.717, 1.165) is 11.1 Å². The fourth-order valence-electron chi connectivity index (χ4n) is 3.71. The summed E-state index contributed by atoms with van der Waals surface area (Å²) in [4.78, 5) is 21.9. The molecule has 2 heterocycles. The molecule has 1 aliphatic carbocycles. The lowest BCUT2D eigenvalue weighted by atomic mass is 9.83. The van der Waals surface area contributed by atoms with Gasteiger partial charge in [-0.25, -0.2) is 14.2 Å². The molecule has 0 fully saturated rings. The Labute approximate surface area is 160 Å². The van der Waals surface area contributed by atoms with Gasteiger partial charge in [0.15, 0.2) is 5.84 Å². The molecule has 0 radical (unpaired) electrons. The van der Waals surface area contributed by atoms with Crippen LogP contribution in [0.2, 0.25) is 0 Å². The Morgan fingerprint density at radius 2 is 2.22 bits per heavy atom.